The minimum atomic E-state index is -3.57. The van der Waals surface area contributed by atoms with Crippen LogP contribution in [0.15, 0.2) is 64.9 Å². The third kappa shape index (κ3) is 3.46. The van der Waals surface area contributed by atoms with Gasteiger partial charge in [-0.1, -0.05) is 48.0 Å². The lowest BCUT2D eigenvalue weighted by molar-refractivity contribution is 0.600. The van der Waals surface area contributed by atoms with Gasteiger partial charge in [-0.2, -0.15) is 0 Å². The van der Waals surface area contributed by atoms with E-state index in [1.807, 2.05) is 67.8 Å². The summed E-state index contributed by atoms with van der Waals surface area (Å²) in [6.07, 6.45) is 0. The van der Waals surface area contributed by atoms with E-state index in [1.165, 1.54) is 11.3 Å². The van der Waals surface area contributed by atoms with Crippen molar-refractivity contribution >= 4 is 27.0 Å². The highest BCUT2D eigenvalue weighted by Crippen LogP contribution is 2.31. The minimum Gasteiger partial charge on any atom is -0.279 e. The molecular formula is C18H17NO2S2. The Kier molecular flexibility index (Phi) is 4.24. The lowest BCUT2D eigenvalue weighted by Crippen LogP contribution is -2.13. The molecule has 23 heavy (non-hydrogen) atoms. The fraction of sp³-hybridized carbons (Fsp3) is 0.111. The monoisotopic (exact) mass is 343 g/mol. The first-order chi connectivity index (χ1) is 11.0. The van der Waals surface area contributed by atoms with Crippen molar-refractivity contribution in [2.24, 2.45) is 0 Å². The zero-order valence-corrected chi connectivity index (χ0v) is 14.5. The first-order valence-corrected chi connectivity index (χ1v) is 9.56. The van der Waals surface area contributed by atoms with Crippen LogP contribution in [-0.2, 0) is 10.0 Å². The fourth-order valence-corrected chi connectivity index (χ4v) is 4.65. The van der Waals surface area contributed by atoms with Gasteiger partial charge in [0.1, 0.15) is 0 Å². The summed E-state index contributed by atoms with van der Waals surface area (Å²) in [6.45, 7) is 3.76. The molecule has 0 unspecified atom stereocenters. The lowest BCUT2D eigenvalue weighted by Gasteiger charge is -2.09. The quantitative estimate of drug-likeness (QED) is 0.737. The summed E-state index contributed by atoms with van der Waals surface area (Å²) in [7, 11) is -3.57. The van der Waals surface area contributed by atoms with Crippen LogP contribution in [0.5, 0.6) is 0 Å². The first kappa shape index (κ1) is 15.8. The van der Waals surface area contributed by atoms with Crippen molar-refractivity contribution in [2.75, 3.05) is 4.72 Å². The van der Waals surface area contributed by atoms with Crippen molar-refractivity contribution in [2.45, 2.75) is 18.7 Å². The number of hydrogen-bond acceptors (Lipinski definition) is 3. The molecule has 0 aliphatic carbocycles. The maximum Gasteiger partial charge on any atom is 0.262 e. The van der Waals surface area contributed by atoms with Gasteiger partial charge in [-0.05, 0) is 37.1 Å². The van der Waals surface area contributed by atoms with Crippen LogP contribution >= 0.6 is 11.3 Å². The molecule has 3 aromatic rings. The largest absolute Gasteiger partial charge is 0.279 e. The first-order valence-electron chi connectivity index (χ1n) is 7.20. The highest BCUT2D eigenvalue weighted by atomic mass is 32.2. The van der Waals surface area contributed by atoms with E-state index in [-0.39, 0.29) is 0 Å². The maximum atomic E-state index is 12.6. The Morgan fingerprint density at radius 1 is 0.957 bits per heavy atom. The summed E-state index contributed by atoms with van der Waals surface area (Å²) in [6, 6.07) is 17.1. The molecule has 118 valence electrons. The zero-order chi connectivity index (χ0) is 16.4. The molecule has 1 heterocycles. The maximum absolute atomic E-state index is 12.6. The Labute approximate surface area is 140 Å². The summed E-state index contributed by atoms with van der Waals surface area (Å²) in [5.41, 5.74) is 3.46. The molecule has 1 N–H and O–H groups in total. The molecule has 3 nitrogen and oxygen atoms in total. The normalized spacial score (nSPS) is 11.4. The Morgan fingerprint density at radius 2 is 1.70 bits per heavy atom. The smallest absolute Gasteiger partial charge is 0.262 e. The van der Waals surface area contributed by atoms with Crippen molar-refractivity contribution < 1.29 is 8.42 Å². The molecule has 0 radical (unpaired) electrons. The molecule has 0 atom stereocenters. The minimum absolute atomic E-state index is 0.315. The van der Waals surface area contributed by atoms with Gasteiger partial charge in [0, 0.05) is 10.3 Å². The molecule has 0 bridgehead atoms. The topological polar surface area (TPSA) is 46.2 Å². The van der Waals surface area contributed by atoms with Crippen LogP contribution in [0.4, 0.5) is 5.69 Å². The summed E-state index contributed by atoms with van der Waals surface area (Å²) in [5.74, 6) is 0. The number of rotatable bonds is 4. The Hall–Kier alpha value is -2.11. The Bertz CT molecular complexity index is 929. The van der Waals surface area contributed by atoms with E-state index >= 15 is 0 Å². The van der Waals surface area contributed by atoms with E-state index in [9.17, 15) is 8.42 Å². The average molecular weight is 343 g/mol. The Morgan fingerprint density at radius 3 is 2.39 bits per heavy atom. The second-order valence-corrected chi connectivity index (χ2v) is 8.00. The van der Waals surface area contributed by atoms with E-state index in [2.05, 4.69) is 4.72 Å². The van der Waals surface area contributed by atoms with E-state index in [1.54, 1.807) is 6.07 Å². The van der Waals surface area contributed by atoms with E-state index in [0.717, 1.165) is 21.6 Å². The van der Waals surface area contributed by atoms with Gasteiger partial charge >= 0.3 is 0 Å². The van der Waals surface area contributed by atoms with Crippen molar-refractivity contribution in [3.63, 3.8) is 0 Å². The Balaban J connectivity index is 1.88. The van der Waals surface area contributed by atoms with Crippen LogP contribution in [0.1, 0.15) is 11.1 Å². The predicted octanol–water partition coefficient (Wildman–Crippen LogP) is 4.83. The van der Waals surface area contributed by atoms with Gasteiger partial charge in [-0.25, -0.2) is 8.42 Å². The SMILES string of the molecule is Cc1ccc(S(=O)(=O)Nc2csc(-c3ccccc3)c2)c(C)c1. The molecule has 0 saturated heterocycles. The van der Waals surface area contributed by atoms with Crippen molar-refractivity contribution in [1.29, 1.82) is 0 Å². The highest BCUT2D eigenvalue weighted by Gasteiger charge is 2.17. The number of thiophene rings is 1. The number of hydrogen-bond donors (Lipinski definition) is 1. The molecule has 1 aromatic heterocycles. The molecule has 0 spiro atoms. The number of aryl methyl sites for hydroxylation is 2. The van der Waals surface area contributed by atoms with Crippen LogP contribution < -0.4 is 4.72 Å². The van der Waals surface area contributed by atoms with Gasteiger partial charge in [0.05, 0.1) is 10.6 Å². The molecule has 2 aromatic carbocycles. The lowest BCUT2D eigenvalue weighted by atomic mass is 10.2. The average Bonchev–Trinajstić information content (AvgIpc) is 2.95. The predicted molar refractivity (Wildman–Crippen MR) is 96.5 cm³/mol. The van der Waals surface area contributed by atoms with Crippen LogP contribution in [0.25, 0.3) is 10.4 Å². The van der Waals surface area contributed by atoms with Crippen molar-refractivity contribution in [1.82, 2.24) is 0 Å². The van der Waals surface area contributed by atoms with E-state index < -0.39 is 10.0 Å². The summed E-state index contributed by atoms with van der Waals surface area (Å²) in [4.78, 5) is 1.35. The molecule has 0 saturated carbocycles. The standard InChI is InChI=1S/C18H17NO2S2/c1-13-8-9-18(14(2)10-13)23(20,21)19-16-11-17(22-12-16)15-6-4-3-5-7-15/h3-12,19H,1-2H3. The van der Waals surface area contributed by atoms with Gasteiger partial charge in [0.15, 0.2) is 0 Å². The van der Waals surface area contributed by atoms with E-state index in [4.69, 9.17) is 0 Å². The van der Waals surface area contributed by atoms with Crippen LogP contribution in [-0.4, -0.2) is 8.42 Å². The van der Waals surface area contributed by atoms with Gasteiger partial charge < -0.3 is 0 Å². The van der Waals surface area contributed by atoms with Gasteiger partial charge in [-0.15, -0.1) is 11.3 Å². The van der Waals surface area contributed by atoms with Crippen LogP contribution in [0, 0.1) is 13.8 Å². The van der Waals surface area contributed by atoms with Gasteiger partial charge in [-0.3, -0.25) is 4.72 Å². The zero-order valence-electron chi connectivity index (χ0n) is 12.9. The molecule has 0 aliphatic rings. The molecular weight excluding hydrogens is 326 g/mol. The number of benzene rings is 2. The molecule has 3 rings (SSSR count). The summed E-state index contributed by atoms with van der Waals surface area (Å²) in [5, 5.41) is 1.82. The molecule has 0 fully saturated rings. The second kappa shape index (κ2) is 6.18. The van der Waals surface area contributed by atoms with Gasteiger partial charge in [0.2, 0.25) is 0 Å². The van der Waals surface area contributed by atoms with Crippen LogP contribution in [0.2, 0.25) is 0 Å². The summed E-state index contributed by atoms with van der Waals surface area (Å²) >= 11 is 1.52. The fourth-order valence-electron chi connectivity index (χ4n) is 2.45. The highest BCUT2D eigenvalue weighted by molar-refractivity contribution is 7.92. The number of nitrogens with one attached hydrogen (secondary N) is 1. The number of sulfonamides is 1. The third-order valence-electron chi connectivity index (χ3n) is 3.53. The second-order valence-electron chi connectivity index (χ2n) is 5.44. The van der Waals surface area contributed by atoms with E-state index in [0.29, 0.717) is 10.6 Å². The summed E-state index contributed by atoms with van der Waals surface area (Å²) < 4.78 is 27.8. The van der Waals surface area contributed by atoms with Crippen LogP contribution in [0.3, 0.4) is 0 Å². The molecule has 0 amide bonds. The molecule has 0 aliphatic heterocycles. The number of anilines is 1. The van der Waals surface area contributed by atoms with Gasteiger partial charge in [0.25, 0.3) is 10.0 Å². The van der Waals surface area contributed by atoms with Crippen molar-refractivity contribution in [3.05, 3.63) is 71.1 Å². The third-order valence-corrected chi connectivity index (χ3v) is 6.05. The van der Waals surface area contributed by atoms with Crippen molar-refractivity contribution in [3.8, 4) is 10.4 Å². The molecule has 5 heteroatoms.